The van der Waals surface area contributed by atoms with Crippen molar-refractivity contribution in [3.63, 3.8) is 0 Å². The Bertz CT molecular complexity index is 336. The average Bonchev–Trinajstić information content (AvgIpc) is 2.31. The van der Waals surface area contributed by atoms with Gasteiger partial charge in [0, 0.05) is 24.2 Å². The summed E-state index contributed by atoms with van der Waals surface area (Å²) in [6.45, 7) is 10.2. The van der Waals surface area contributed by atoms with Gasteiger partial charge in [0.2, 0.25) is 0 Å². The van der Waals surface area contributed by atoms with Gasteiger partial charge in [-0.2, -0.15) is 0 Å². The van der Waals surface area contributed by atoms with Gasteiger partial charge in [0.15, 0.2) is 0 Å². The highest BCUT2D eigenvalue weighted by atomic mass is 16.1. The third kappa shape index (κ3) is 2.63. The molecule has 1 aromatic rings. The zero-order chi connectivity index (χ0) is 12.2. The molecule has 0 saturated carbocycles. The van der Waals surface area contributed by atoms with Crippen LogP contribution in [0.3, 0.4) is 0 Å². The van der Waals surface area contributed by atoms with Crippen LogP contribution in [0, 0.1) is 0 Å². The summed E-state index contributed by atoms with van der Waals surface area (Å²) in [5, 5.41) is 0. The van der Waals surface area contributed by atoms with E-state index >= 15 is 0 Å². The molecule has 0 spiro atoms. The van der Waals surface area contributed by atoms with Gasteiger partial charge in [-0.1, -0.05) is 12.1 Å². The molecule has 16 heavy (non-hydrogen) atoms. The molecule has 0 fully saturated rings. The summed E-state index contributed by atoms with van der Waals surface area (Å²) in [7, 11) is 0. The van der Waals surface area contributed by atoms with Crippen LogP contribution in [0.1, 0.15) is 33.3 Å². The molecule has 0 heterocycles. The van der Waals surface area contributed by atoms with Crippen molar-refractivity contribution in [2.75, 3.05) is 18.0 Å². The van der Waals surface area contributed by atoms with Crippen molar-refractivity contribution >= 4 is 12.0 Å². The van der Waals surface area contributed by atoms with Crippen LogP contribution >= 0.6 is 0 Å². The van der Waals surface area contributed by atoms with Crippen LogP contribution in [0.15, 0.2) is 24.3 Å². The SMILES string of the molecule is CCN(CC)c1ccc(C(C)(C)C=O)cc1. The van der Waals surface area contributed by atoms with E-state index < -0.39 is 0 Å². The van der Waals surface area contributed by atoms with Crippen LogP contribution in [0.5, 0.6) is 0 Å². The quantitative estimate of drug-likeness (QED) is 0.709. The summed E-state index contributed by atoms with van der Waals surface area (Å²) in [4.78, 5) is 13.2. The molecule has 0 amide bonds. The van der Waals surface area contributed by atoms with Crippen LogP contribution < -0.4 is 4.90 Å². The molecule has 0 saturated heterocycles. The minimum Gasteiger partial charge on any atom is -0.372 e. The van der Waals surface area contributed by atoms with Crippen LogP contribution in [0.4, 0.5) is 5.69 Å². The van der Waals surface area contributed by atoms with E-state index in [1.165, 1.54) is 5.69 Å². The molecule has 0 radical (unpaired) electrons. The van der Waals surface area contributed by atoms with Crippen molar-refractivity contribution in [2.45, 2.75) is 33.1 Å². The Labute approximate surface area is 98.3 Å². The van der Waals surface area contributed by atoms with E-state index in [1.807, 2.05) is 26.0 Å². The Morgan fingerprint density at radius 1 is 1.12 bits per heavy atom. The zero-order valence-corrected chi connectivity index (χ0v) is 10.7. The number of hydrogen-bond donors (Lipinski definition) is 0. The average molecular weight is 219 g/mol. The third-order valence-corrected chi connectivity index (χ3v) is 3.03. The zero-order valence-electron chi connectivity index (χ0n) is 10.7. The lowest BCUT2D eigenvalue weighted by Crippen LogP contribution is -2.22. The summed E-state index contributed by atoms with van der Waals surface area (Å²) < 4.78 is 0. The Morgan fingerprint density at radius 3 is 2.00 bits per heavy atom. The first kappa shape index (κ1) is 12.8. The molecule has 0 aliphatic carbocycles. The predicted octanol–water partition coefficient (Wildman–Crippen LogP) is 3.01. The second kappa shape index (κ2) is 5.15. The van der Waals surface area contributed by atoms with Crippen molar-refractivity contribution in [3.05, 3.63) is 29.8 Å². The largest absolute Gasteiger partial charge is 0.372 e. The normalized spacial score (nSPS) is 11.2. The lowest BCUT2D eigenvalue weighted by molar-refractivity contribution is -0.111. The molecular weight excluding hydrogens is 198 g/mol. The van der Waals surface area contributed by atoms with Crippen LogP contribution in [-0.4, -0.2) is 19.4 Å². The maximum absolute atomic E-state index is 10.9. The molecule has 0 aliphatic rings. The molecule has 0 aliphatic heterocycles. The molecule has 0 bridgehead atoms. The fourth-order valence-corrected chi connectivity index (χ4v) is 1.76. The number of carbonyl (C=O) groups is 1. The van der Waals surface area contributed by atoms with Gasteiger partial charge in [0.25, 0.3) is 0 Å². The van der Waals surface area contributed by atoms with Gasteiger partial charge in [0.05, 0.1) is 0 Å². The van der Waals surface area contributed by atoms with Crippen molar-refractivity contribution in [2.24, 2.45) is 0 Å². The first-order valence-corrected chi connectivity index (χ1v) is 5.87. The molecule has 2 nitrogen and oxygen atoms in total. The molecule has 1 aromatic carbocycles. The molecule has 1 rings (SSSR count). The molecule has 2 heteroatoms. The van der Waals surface area contributed by atoms with Crippen molar-refractivity contribution in [1.82, 2.24) is 0 Å². The Hall–Kier alpha value is -1.31. The van der Waals surface area contributed by atoms with Gasteiger partial charge in [-0.3, -0.25) is 0 Å². The Kier molecular flexibility index (Phi) is 4.11. The lowest BCUT2D eigenvalue weighted by atomic mass is 9.86. The molecule has 0 atom stereocenters. The van der Waals surface area contributed by atoms with Crippen LogP contribution in [0.25, 0.3) is 0 Å². The fraction of sp³-hybridized carbons (Fsp3) is 0.500. The van der Waals surface area contributed by atoms with Gasteiger partial charge in [-0.25, -0.2) is 0 Å². The monoisotopic (exact) mass is 219 g/mol. The Morgan fingerprint density at radius 2 is 1.62 bits per heavy atom. The fourth-order valence-electron chi connectivity index (χ4n) is 1.76. The number of benzene rings is 1. The predicted molar refractivity (Wildman–Crippen MR) is 69.1 cm³/mol. The van der Waals surface area contributed by atoms with Gasteiger partial charge in [-0.15, -0.1) is 0 Å². The van der Waals surface area contributed by atoms with Crippen LogP contribution in [0.2, 0.25) is 0 Å². The molecule has 0 unspecified atom stereocenters. The molecule has 0 N–H and O–H groups in total. The Balaban J connectivity index is 2.95. The highest BCUT2D eigenvalue weighted by Crippen LogP contribution is 2.23. The van der Waals surface area contributed by atoms with Crippen molar-refractivity contribution in [1.29, 1.82) is 0 Å². The maximum atomic E-state index is 10.9. The third-order valence-electron chi connectivity index (χ3n) is 3.03. The van der Waals surface area contributed by atoms with E-state index in [9.17, 15) is 4.79 Å². The van der Waals surface area contributed by atoms with Gasteiger partial charge < -0.3 is 9.69 Å². The second-order valence-electron chi connectivity index (χ2n) is 4.56. The van der Waals surface area contributed by atoms with Gasteiger partial charge in [-0.05, 0) is 45.4 Å². The van der Waals surface area contributed by atoms with Crippen molar-refractivity contribution in [3.8, 4) is 0 Å². The van der Waals surface area contributed by atoms with E-state index in [1.54, 1.807) is 0 Å². The van der Waals surface area contributed by atoms with E-state index in [2.05, 4.69) is 30.9 Å². The maximum Gasteiger partial charge on any atom is 0.129 e. The summed E-state index contributed by atoms with van der Waals surface area (Å²) in [5.41, 5.74) is 1.90. The molecule has 0 aromatic heterocycles. The standard InChI is InChI=1S/C14H21NO/c1-5-15(6-2)13-9-7-12(8-10-13)14(3,4)11-16/h7-11H,5-6H2,1-4H3. The summed E-state index contributed by atoms with van der Waals surface area (Å²) in [6, 6.07) is 8.27. The van der Waals surface area contributed by atoms with E-state index in [4.69, 9.17) is 0 Å². The summed E-state index contributed by atoms with van der Waals surface area (Å²) >= 11 is 0. The lowest BCUT2D eigenvalue weighted by Gasteiger charge is -2.23. The minimum absolute atomic E-state index is 0.387. The second-order valence-corrected chi connectivity index (χ2v) is 4.56. The van der Waals surface area contributed by atoms with Gasteiger partial charge in [0.1, 0.15) is 6.29 Å². The number of hydrogen-bond acceptors (Lipinski definition) is 2. The van der Waals surface area contributed by atoms with E-state index in [0.717, 1.165) is 24.9 Å². The highest BCUT2D eigenvalue weighted by Gasteiger charge is 2.19. The molecule has 88 valence electrons. The van der Waals surface area contributed by atoms with Crippen LogP contribution in [-0.2, 0) is 10.2 Å². The number of aldehydes is 1. The summed E-state index contributed by atoms with van der Waals surface area (Å²) in [6.07, 6.45) is 0.999. The van der Waals surface area contributed by atoms with E-state index in [-0.39, 0.29) is 5.41 Å². The number of rotatable bonds is 5. The van der Waals surface area contributed by atoms with Crippen molar-refractivity contribution < 1.29 is 4.79 Å². The topological polar surface area (TPSA) is 20.3 Å². The molecular formula is C14H21NO. The number of carbonyl (C=O) groups excluding carboxylic acids is 1. The highest BCUT2D eigenvalue weighted by molar-refractivity contribution is 5.67. The first-order chi connectivity index (χ1) is 7.55. The van der Waals surface area contributed by atoms with Gasteiger partial charge >= 0.3 is 0 Å². The minimum atomic E-state index is -0.387. The summed E-state index contributed by atoms with van der Waals surface area (Å²) in [5.74, 6) is 0. The number of nitrogens with zero attached hydrogens (tertiary/aromatic N) is 1. The number of anilines is 1. The first-order valence-electron chi connectivity index (χ1n) is 5.87. The smallest absolute Gasteiger partial charge is 0.129 e. The van der Waals surface area contributed by atoms with E-state index in [0.29, 0.717) is 0 Å².